The molecule has 0 aliphatic heterocycles. The lowest BCUT2D eigenvalue weighted by atomic mass is 10.1. The Morgan fingerprint density at radius 2 is 1.92 bits per heavy atom. The minimum Gasteiger partial charge on any atom is -0.338 e. The maximum atomic E-state index is 13.2. The van der Waals surface area contributed by atoms with Gasteiger partial charge in [-0.15, -0.1) is 11.3 Å². The Hall–Kier alpha value is -1.82. The molecule has 3 nitrogen and oxygen atoms in total. The van der Waals surface area contributed by atoms with E-state index in [1.165, 1.54) is 6.07 Å². The standard InChI is InChI=1S/C19H24F2N2OS/c1-11(2)19-22-12(3)18(25-19)13(4)23(5)17(24)9-7-14-6-8-15(20)16(21)10-14/h6,8,10-11,13H,7,9H2,1-5H3. The second-order valence-corrected chi connectivity index (χ2v) is 7.65. The number of aromatic nitrogens is 1. The average molecular weight is 366 g/mol. The fourth-order valence-electron chi connectivity index (χ4n) is 2.58. The molecule has 0 aliphatic carbocycles. The minimum absolute atomic E-state index is 0.0314. The Morgan fingerprint density at radius 3 is 2.48 bits per heavy atom. The van der Waals surface area contributed by atoms with E-state index >= 15 is 0 Å². The molecule has 1 heterocycles. The van der Waals surface area contributed by atoms with Gasteiger partial charge in [-0.2, -0.15) is 0 Å². The number of benzene rings is 1. The number of carbonyl (C=O) groups is 1. The highest BCUT2D eigenvalue weighted by molar-refractivity contribution is 7.11. The van der Waals surface area contributed by atoms with Crippen LogP contribution in [-0.2, 0) is 11.2 Å². The van der Waals surface area contributed by atoms with Crippen LogP contribution in [0.3, 0.4) is 0 Å². The van der Waals surface area contributed by atoms with E-state index in [4.69, 9.17) is 0 Å². The Bertz CT molecular complexity index is 758. The zero-order valence-electron chi connectivity index (χ0n) is 15.3. The van der Waals surface area contributed by atoms with Crippen LogP contribution < -0.4 is 0 Å². The van der Waals surface area contributed by atoms with E-state index in [1.54, 1.807) is 23.3 Å². The fourth-order valence-corrected chi connectivity index (χ4v) is 3.74. The molecular weight excluding hydrogens is 342 g/mol. The van der Waals surface area contributed by atoms with Gasteiger partial charge in [0.25, 0.3) is 0 Å². The fraction of sp³-hybridized carbons (Fsp3) is 0.474. The highest BCUT2D eigenvalue weighted by Gasteiger charge is 2.22. The molecule has 1 aromatic heterocycles. The van der Waals surface area contributed by atoms with Gasteiger partial charge in [-0.1, -0.05) is 19.9 Å². The lowest BCUT2D eigenvalue weighted by Crippen LogP contribution is -2.29. The monoisotopic (exact) mass is 366 g/mol. The van der Waals surface area contributed by atoms with Gasteiger partial charge in [0.1, 0.15) is 0 Å². The van der Waals surface area contributed by atoms with E-state index in [0.717, 1.165) is 27.7 Å². The Morgan fingerprint density at radius 1 is 1.24 bits per heavy atom. The number of amides is 1. The second kappa shape index (κ2) is 8.04. The summed E-state index contributed by atoms with van der Waals surface area (Å²) in [7, 11) is 1.77. The van der Waals surface area contributed by atoms with Crippen molar-refractivity contribution in [2.24, 2.45) is 0 Å². The predicted octanol–water partition coefficient (Wildman–Crippen LogP) is 5.01. The third-order valence-electron chi connectivity index (χ3n) is 4.31. The summed E-state index contributed by atoms with van der Waals surface area (Å²) in [6.45, 7) is 8.15. The lowest BCUT2D eigenvalue weighted by Gasteiger charge is -2.24. The molecular formula is C19H24F2N2OS. The SMILES string of the molecule is Cc1nc(C(C)C)sc1C(C)N(C)C(=O)CCc1ccc(F)c(F)c1. The highest BCUT2D eigenvalue weighted by atomic mass is 32.1. The second-order valence-electron chi connectivity index (χ2n) is 6.59. The molecule has 0 N–H and O–H groups in total. The summed E-state index contributed by atoms with van der Waals surface area (Å²) >= 11 is 1.64. The Labute approximate surface area is 151 Å². The molecule has 2 rings (SSSR count). The number of halogens is 2. The van der Waals surface area contributed by atoms with Gasteiger partial charge in [-0.05, 0) is 38.0 Å². The van der Waals surface area contributed by atoms with Crippen molar-refractivity contribution in [3.63, 3.8) is 0 Å². The summed E-state index contributed by atoms with van der Waals surface area (Å²) in [4.78, 5) is 19.9. The smallest absolute Gasteiger partial charge is 0.223 e. The quantitative estimate of drug-likeness (QED) is 0.720. The molecule has 6 heteroatoms. The number of aryl methyl sites for hydroxylation is 2. The van der Waals surface area contributed by atoms with Crippen molar-refractivity contribution in [1.29, 1.82) is 0 Å². The normalized spacial score (nSPS) is 12.5. The summed E-state index contributed by atoms with van der Waals surface area (Å²) in [5.74, 6) is -1.43. The number of thiazole rings is 1. The van der Waals surface area contributed by atoms with Crippen LogP contribution in [0.15, 0.2) is 18.2 Å². The summed E-state index contributed by atoms with van der Waals surface area (Å²) in [6.07, 6.45) is 0.632. The van der Waals surface area contributed by atoms with Gasteiger partial charge in [0, 0.05) is 24.3 Å². The zero-order valence-corrected chi connectivity index (χ0v) is 16.1. The third kappa shape index (κ3) is 4.63. The van der Waals surface area contributed by atoms with E-state index in [1.807, 2.05) is 13.8 Å². The number of nitrogens with zero attached hydrogens (tertiary/aromatic N) is 2. The summed E-state index contributed by atoms with van der Waals surface area (Å²) in [5, 5.41) is 1.07. The van der Waals surface area contributed by atoms with Gasteiger partial charge < -0.3 is 4.90 Å². The molecule has 1 atom stereocenters. The molecule has 1 amide bonds. The van der Waals surface area contributed by atoms with E-state index < -0.39 is 11.6 Å². The summed E-state index contributed by atoms with van der Waals surface area (Å²) < 4.78 is 26.2. The Kier molecular flexibility index (Phi) is 6.27. The molecule has 136 valence electrons. The van der Waals surface area contributed by atoms with Gasteiger partial charge in [0.05, 0.1) is 16.7 Å². The highest BCUT2D eigenvalue weighted by Crippen LogP contribution is 2.32. The van der Waals surface area contributed by atoms with Crippen LogP contribution in [0.4, 0.5) is 8.78 Å². The molecule has 1 unspecified atom stereocenters. The Balaban J connectivity index is 2.02. The van der Waals surface area contributed by atoms with Crippen molar-refractivity contribution in [3.8, 4) is 0 Å². The van der Waals surface area contributed by atoms with Crippen LogP contribution in [0.2, 0.25) is 0 Å². The summed E-state index contributed by atoms with van der Waals surface area (Å²) in [5.41, 5.74) is 1.57. The van der Waals surface area contributed by atoms with E-state index in [-0.39, 0.29) is 18.4 Å². The molecule has 0 spiro atoms. The number of carbonyl (C=O) groups excluding carboxylic acids is 1. The molecule has 0 radical (unpaired) electrons. The predicted molar refractivity (Wildman–Crippen MR) is 96.8 cm³/mol. The molecule has 25 heavy (non-hydrogen) atoms. The van der Waals surface area contributed by atoms with Gasteiger partial charge in [0.2, 0.25) is 5.91 Å². The number of rotatable bonds is 6. The topological polar surface area (TPSA) is 33.2 Å². The van der Waals surface area contributed by atoms with Crippen molar-refractivity contribution in [2.75, 3.05) is 7.05 Å². The maximum Gasteiger partial charge on any atom is 0.223 e. The molecule has 0 saturated carbocycles. The lowest BCUT2D eigenvalue weighted by molar-refractivity contribution is -0.131. The van der Waals surface area contributed by atoms with Gasteiger partial charge >= 0.3 is 0 Å². The molecule has 1 aromatic carbocycles. The number of hydrogen-bond acceptors (Lipinski definition) is 3. The first-order valence-corrected chi connectivity index (χ1v) is 9.19. The molecule has 2 aromatic rings. The van der Waals surface area contributed by atoms with Crippen molar-refractivity contribution < 1.29 is 13.6 Å². The van der Waals surface area contributed by atoms with Gasteiger partial charge in [-0.3, -0.25) is 4.79 Å². The van der Waals surface area contributed by atoms with Crippen LogP contribution in [0.1, 0.15) is 60.3 Å². The van der Waals surface area contributed by atoms with Crippen LogP contribution >= 0.6 is 11.3 Å². The first-order chi connectivity index (χ1) is 11.7. The average Bonchev–Trinajstić information content (AvgIpc) is 2.96. The van der Waals surface area contributed by atoms with E-state index in [2.05, 4.69) is 18.8 Å². The third-order valence-corrected chi connectivity index (χ3v) is 5.94. The summed E-state index contributed by atoms with van der Waals surface area (Å²) in [6, 6.07) is 3.68. The molecule has 0 bridgehead atoms. The minimum atomic E-state index is -0.881. The maximum absolute atomic E-state index is 13.2. The van der Waals surface area contributed by atoms with Crippen LogP contribution in [0.25, 0.3) is 0 Å². The first kappa shape index (κ1) is 19.5. The van der Waals surface area contributed by atoms with Crippen molar-refractivity contribution >= 4 is 17.2 Å². The first-order valence-electron chi connectivity index (χ1n) is 8.37. The molecule has 0 saturated heterocycles. The molecule has 0 fully saturated rings. The van der Waals surface area contributed by atoms with Crippen molar-refractivity contribution in [3.05, 3.63) is 51.0 Å². The van der Waals surface area contributed by atoms with E-state index in [9.17, 15) is 13.6 Å². The van der Waals surface area contributed by atoms with Crippen LogP contribution in [-0.4, -0.2) is 22.8 Å². The van der Waals surface area contributed by atoms with Gasteiger partial charge in [0.15, 0.2) is 11.6 Å². The zero-order chi connectivity index (χ0) is 18.7. The van der Waals surface area contributed by atoms with Crippen molar-refractivity contribution in [1.82, 2.24) is 9.88 Å². The van der Waals surface area contributed by atoms with Crippen LogP contribution in [0.5, 0.6) is 0 Å². The van der Waals surface area contributed by atoms with E-state index in [0.29, 0.717) is 17.9 Å². The molecule has 0 aliphatic rings. The van der Waals surface area contributed by atoms with Crippen molar-refractivity contribution in [2.45, 2.75) is 52.5 Å². The number of hydrogen-bond donors (Lipinski definition) is 0. The van der Waals surface area contributed by atoms with Crippen LogP contribution in [0, 0.1) is 18.6 Å². The van der Waals surface area contributed by atoms with Gasteiger partial charge in [-0.25, -0.2) is 13.8 Å². The largest absolute Gasteiger partial charge is 0.338 e.